The molecule has 0 radical (unpaired) electrons. The van der Waals surface area contributed by atoms with Gasteiger partial charge in [0.2, 0.25) is 0 Å². The van der Waals surface area contributed by atoms with Gasteiger partial charge in [0, 0.05) is 11.4 Å². The molecule has 0 saturated carbocycles. The Labute approximate surface area is 110 Å². The van der Waals surface area contributed by atoms with E-state index in [0.717, 1.165) is 10.5 Å². The van der Waals surface area contributed by atoms with Crippen LogP contribution < -0.4 is 14.8 Å². The third-order valence-corrected chi connectivity index (χ3v) is 3.20. The number of aliphatic carboxylic acids is 1. The molecule has 0 aromatic heterocycles. The maximum Gasteiger partial charge on any atom is 0.317 e. The monoisotopic (exact) mass is 271 g/mol. The largest absolute Gasteiger partial charge is 0.493 e. The van der Waals surface area contributed by atoms with E-state index in [1.165, 1.54) is 0 Å². The van der Waals surface area contributed by atoms with Gasteiger partial charge in [-0.25, -0.2) is 0 Å². The molecule has 0 aliphatic carbocycles. The molecule has 0 amide bonds. The first-order valence-corrected chi connectivity index (χ1v) is 6.56. The molecular formula is C12H17NO4S. The van der Waals surface area contributed by atoms with Crippen molar-refractivity contribution in [2.24, 2.45) is 0 Å². The molecule has 0 saturated heterocycles. The number of hydrogen-bond acceptors (Lipinski definition) is 5. The molecule has 0 heterocycles. The first-order valence-electron chi connectivity index (χ1n) is 5.33. The van der Waals surface area contributed by atoms with Gasteiger partial charge in [-0.15, -0.1) is 11.8 Å². The first kappa shape index (κ1) is 14.7. The minimum atomic E-state index is -0.874. The van der Waals surface area contributed by atoms with Crippen molar-refractivity contribution >= 4 is 17.7 Å². The lowest BCUT2D eigenvalue weighted by Gasteiger charge is -2.13. The Balaban J connectivity index is 2.91. The van der Waals surface area contributed by atoms with Crippen LogP contribution in [0.25, 0.3) is 0 Å². The summed E-state index contributed by atoms with van der Waals surface area (Å²) < 4.78 is 10.4. The summed E-state index contributed by atoms with van der Waals surface area (Å²) in [6.45, 7) is 0.408. The average Bonchev–Trinajstić information content (AvgIpc) is 2.37. The van der Waals surface area contributed by atoms with Gasteiger partial charge in [0.1, 0.15) is 0 Å². The molecule has 1 rings (SSSR count). The van der Waals surface area contributed by atoms with E-state index in [0.29, 0.717) is 18.0 Å². The van der Waals surface area contributed by atoms with Gasteiger partial charge < -0.3 is 19.9 Å². The topological polar surface area (TPSA) is 67.8 Å². The summed E-state index contributed by atoms with van der Waals surface area (Å²) in [7, 11) is 3.16. The fourth-order valence-corrected chi connectivity index (χ4v) is 2.15. The number of benzene rings is 1. The number of rotatable bonds is 7. The molecule has 0 aliphatic heterocycles. The Morgan fingerprint density at radius 3 is 2.44 bits per heavy atom. The second-order valence-corrected chi connectivity index (χ2v) is 4.36. The van der Waals surface area contributed by atoms with E-state index in [9.17, 15) is 4.79 Å². The van der Waals surface area contributed by atoms with Crippen LogP contribution in [0.1, 0.15) is 5.56 Å². The smallest absolute Gasteiger partial charge is 0.317 e. The molecule has 1 aromatic carbocycles. The fraction of sp³-hybridized carbons (Fsp3) is 0.417. The number of hydrogen-bond donors (Lipinski definition) is 2. The lowest BCUT2D eigenvalue weighted by Crippen LogP contribution is -2.22. The number of carbonyl (C=O) groups is 1. The van der Waals surface area contributed by atoms with Crippen LogP contribution in [-0.2, 0) is 11.3 Å². The molecule has 1 aromatic rings. The molecule has 100 valence electrons. The summed E-state index contributed by atoms with van der Waals surface area (Å²) in [6, 6.07) is 3.75. The zero-order valence-electron chi connectivity index (χ0n) is 10.6. The van der Waals surface area contributed by atoms with Gasteiger partial charge in [-0.1, -0.05) is 0 Å². The van der Waals surface area contributed by atoms with Gasteiger partial charge in [0.15, 0.2) is 11.5 Å². The number of carboxylic acids is 1. The standard InChI is InChI=1S/C12H17NO4S/c1-16-9-4-8(6-13-7-12(14)15)11(18-3)5-10(9)17-2/h4-5,13H,6-7H2,1-3H3,(H,14,15). The Morgan fingerprint density at radius 2 is 1.94 bits per heavy atom. The molecule has 6 heteroatoms. The highest BCUT2D eigenvalue weighted by Gasteiger charge is 2.10. The van der Waals surface area contributed by atoms with Crippen LogP contribution in [-0.4, -0.2) is 38.1 Å². The highest BCUT2D eigenvalue weighted by molar-refractivity contribution is 7.98. The van der Waals surface area contributed by atoms with Crippen LogP contribution in [0, 0.1) is 0 Å². The van der Waals surface area contributed by atoms with Crippen molar-refractivity contribution in [3.05, 3.63) is 17.7 Å². The highest BCUT2D eigenvalue weighted by atomic mass is 32.2. The second-order valence-electron chi connectivity index (χ2n) is 3.52. The van der Waals surface area contributed by atoms with Gasteiger partial charge >= 0.3 is 5.97 Å². The summed E-state index contributed by atoms with van der Waals surface area (Å²) in [6.07, 6.45) is 1.96. The summed E-state index contributed by atoms with van der Waals surface area (Å²) >= 11 is 1.58. The highest BCUT2D eigenvalue weighted by Crippen LogP contribution is 2.34. The van der Waals surface area contributed by atoms with Crippen molar-refractivity contribution in [2.75, 3.05) is 27.0 Å². The van der Waals surface area contributed by atoms with Gasteiger partial charge in [0.25, 0.3) is 0 Å². The summed E-state index contributed by atoms with van der Waals surface area (Å²) in [5.41, 5.74) is 0.987. The predicted molar refractivity (Wildman–Crippen MR) is 70.7 cm³/mol. The lowest BCUT2D eigenvalue weighted by atomic mass is 10.2. The molecule has 0 unspecified atom stereocenters. The number of methoxy groups -OCH3 is 2. The molecule has 0 atom stereocenters. The molecule has 0 aliphatic rings. The maximum absolute atomic E-state index is 10.5. The number of thioether (sulfide) groups is 1. The van der Waals surface area contributed by atoms with Gasteiger partial charge in [-0.3, -0.25) is 4.79 Å². The summed E-state index contributed by atoms with van der Waals surface area (Å²) in [5, 5.41) is 11.4. The predicted octanol–water partition coefficient (Wildman–Crippen LogP) is 1.60. The van der Waals surface area contributed by atoms with Gasteiger partial charge in [-0.2, -0.15) is 0 Å². The van der Waals surface area contributed by atoms with Gasteiger partial charge in [-0.05, 0) is 24.0 Å². The first-order chi connectivity index (χ1) is 8.62. The summed E-state index contributed by atoms with van der Waals surface area (Å²) in [4.78, 5) is 11.5. The molecule has 2 N–H and O–H groups in total. The van der Waals surface area contributed by atoms with Crippen LogP contribution in [0.5, 0.6) is 11.5 Å². The number of carboxylic acid groups (broad SMARTS) is 1. The van der Waals surface area contributed by atoms with E-state index in [-0.39, 0.29) is 6.54 Å². The molecular weight excluding hydrogens is 254 g/mol. The van der Waals surface area contributed by atoms with E-state index in [4.69, 9.17) is 14.6 Å². The second kappa shape index (κ2) is 7.13. The van der Waals surface area contributed by atoms with Crippen molar-refractivity contribution in [2.45, 2.75) is 11.4 Å². The Kier molecular flexibility index (Phi) is 5.80. The Hall–Kier alpha value is -1.40. The van der Waals surface area contributed by atoms with Crippen molar-refractivity contribution in [3.63, 3.8) is 0 Å². The van der Waals surface area contributed by atoms with Gasteiger partial charge in [0.05, 0.1) is 20.8 Å². The van der Waals surface area contributed by atoms with E-state index in [1.807, 2.05) is 18.4 Å². The average molecular weight is 271 g/mol. The van der Waals surface area contributed by atoms with Crippen LogP contribution in [0.3, 0.4) is 0 Å². The minimum Gasteiger partial charge on any atom is -0.493 e. The number of nitrogens with one attached hydrogen (secondary N) is 1. The van der Waals surface area contributed by atoms with E-state index in [2.05, 4.69) is 5.32 Å². The van der Waals surface area contributed by atoms with Crippen molar-refractivity contribution < 1.29 is 19.4 Å². The number of ether oxygens (including phenoxy) is 2. The normalized spacial score (nSPS) is 10.2. The fourth-order valence-electron chi connectivity index (χ4n) is 1.53. The van der Waals surface area contributed by atoms with Crippen molar-refractivity contribution in [3.8, 4) is 11.5 Å². The van der Waals surface area contributed by atoms with Crippen molar-refractivity contribution in [1.29, 1.82) is 0 Å². The lowest BCUT2D eigenvalue weighted by molar-refractivity contribution is -0.135. The van der Waals surface area contributed by atoms with Crippen LogP contribution in [0.4, 0.5) is 0 Å². The third kappa shape index (κ3) is 3.82. The third-order valence-electron chi connectivity index (χ3n) is 2.38. The Morgan fingerprint density at radius 1 is 1.33 bits per heavy atom. The van der Waals surface area contributed by atoms with Crippen molar-refractivity contribution in [1.82, 2.24) is 5.32 Å². The van der Waals surface area contributed by atoms with Crippen LogP contribution in [0.15, 0.2) is 17.0 Å². The summed E-state index contributed by atoms with van der Waals surface area (Å²) in [5.74, 6) is 0.437. The zero-order chi connectivity index (χ0) is 13.5. The van der Waals surface area contributed by atoms with E-state index in [1.54, 1.807) is 26.0 Å². The zero-order valence-corrected chi connectivity index (χ0v) is 11.5. The van der Waals surface area contributed by atoms with E-state index < -0.39 is 5.97 Å². The van der Waals surface area contributed by atoms with Crippen LogP contribution >= 0.6 is 11.8 Å². The van der Waals surface area contributed by atoms with Crippen LogP contribution in [0.2, 0.25) is 0 Å². The molecule has 0 fully saturated rings. The maximum atomic E-state index is 10.5. The molecule has 18 heavy (non-hydrogen) atoms. The van der Waals surface area contributed by atoms with E-state index >= 15 is 0 Å². The minimum absolute atomic E-state index is 0.0673. The molecule has 0 spiro atoms. The Bertz CT molecular complexity index is 423. The SMILES string of the molecule is COc1cc(CNCC(=O)O)c(SC)cc1OC. The molecule has 5 nitrogen and oxygen atoms in total. The molecule has 0 bridgehead atoms. The quantitative estimate of drug-likeness (QED) is 0.734.